The number of fused-ring (bicyclic) bond motifs is 9. The van der Waals surface area contributed by atoms with Crippen molar-refractivity contribution in [1.29, 1.82) is 10.5 Å². The van der Waals surface area contributed by atoms with Gasteiger partial charge in [0.2, 0.25) is 0 Å². The zero-order chi connectivity index (χ0) is 28.7. The van der Waals surface area contributed by atoms with Crippen LogP contribution in [0.15, 0.2) is 115 Å². The molecule has 0 amide bonds. The van der Waals surface area contributed by atoms with Gasteiger partial charge in [0.05, 0.1) is 45.3 Å². The van der Waals surface area contributed by atoms with Crippen LogP contribution < -0.4 is 0 Å². The largest absolute Gasteiger partial charge is 0.294 e. The molecule has 0 fully saturated rings. The number of aromatic nitrogens is 3. The second kappa shape index (κ2) is 8.77. The zero-order valence-corrected chi connectivity index (χ0v) is 23.4. The molecule has 4 heterocycles. The molecule has 0 saturated heterocycles. The number of nitriles is 2. The van der Waals surface area contributed by atoms with E-state index in [9.17, 15) is 10.5 Å². The van der Waals surface area contributed by atoms with Crippen LogP contribution in [0, 0.1) is 22.7 Å². The van der Waals surface area contributed by atoms with Gasteiger partial charge in [0, 0.05) is 41.7 Å². The van der Waals surface area contributed by atoms with Crippen molar-refractivity contribution in [3.05, 3.63) is 126 Å². The zero-order valence-electron chi connectivity index (χ0n) is 22.6. The quantitative estimate of drug-likeness (QED) is 0.210. The minimum Gasteiger partial charge on any atom is -0.294 e. The Morgan fingerprint density at radius 2 is 1.05 bits per heavy atom. The Morgan fingerprint density at radius 1 is 0.465 bits per heavy atom. The molecule has 4 aromatic heterocycles. The van der Waals surface area contributed by atoms with Gasteiger partial charge in [-0.15, -0.1) is 11.3 Å². The van der Waals surface area contributed by atoms with Gasteiger partial charge in [-0.25, -0.2) is 4.98 Å². The van der Waals surface area contributed by atoms with Gasteiger partial charge in [0.25, 0.3) is 0 Å². The van der Waals surface area contributed by atoms with E-state index in [4.69, 9.17) is 4.98 Å². The van der Waals surface area contributed by atoms with Crippen LogP contribution in [0.4, 0.5) is 0 Å². The first-order valence-corrected chi connectivity index (χ1v) is 14.7. The lowest BCUT2D eigenvalue weighted by Crippen LogP contribution is -2.03. The lowest BCUT2D eigenvalue weighted by Gasteiger charge is -2.11. The van der Waals surface area contributed by atoms with E-state index in [-0.39, 0.29) is 0 Å². The topological polar surface area (TPSA) is 70.3 Å². The highest BCUT2D eigenvalue weighted by Crippen LogP contribution is 2.41. The molecule has 0 atom stereocenters. The van der Waals surface area contributed by atoms with Gasteiger partial charge >= 0.3 is 0 Å². The van der Waals surface area contributed by atoms with Gasteiger partial charge < -0.3 is 0 Å². The van der Waals surface area contributed by atoms with Gasteiger partial charge in [0.15, 0.2) is 0 Å². The van der Waals surface area contributed by atoms with E-state index in [1.54, 1.807) is 11.3 Å². The number of benzene rings is 5. The molecule has 0 spiro atoms. The molecule has 5 nitrogen and oxygen atoms in total. The molecule has 43 heavy (non-hydrogen) atoms. The Labute approximate surface area is 249 Å². The predicted octanol–water partition coefficient (Wildman–Crippen LogP) is 9.39. The summed E-state index contributed by atoms with van der Waals surface area (Å²) < 4.78 is 6.84. The van der Waals surface area contributed by atoms with Crippen LogP contribution in [0.5, 0.6) is 0 Å². The highest BCUT2D eigenvalue weighted by atomic mass is 32.1. The second-order valence-electron chi connectivity index (χ2n) is 10.7. The van der Waals surface area contributed by atoms with Crippen molar-refractivity contribution in [2.45, 2.75) is 0 Å². The van der Waals surface area contributed by atoms with E-state index < -0.39 is 0 Å². The van der Waals surface area contributed by atoms with Crippen molar-refractivity contribution in [2.75, 3.05) is 0 Å². The first-order valence-electron chi connectivity index (χ1n) is 13.9. The third kappa shape index (κ3) is 3.33. The molecule has 0 aliphatic rings. The van der Waals surface area contributed by atoms with Crippen molar-refractivity contribution >= 4 is 75.1 Å². The fraction of sp³-hybridized carbons (Fsp3) is 0. The van der Waals surface area contributed by atoms with E-state index in [1.807, 2.05) is 66.7 Å². The average Bonchev–Trinajstić information content (AvgIpc) is 3.70. The molecule has 0 N–H and O–H groups in total. The fourth-order valence-electron chi connectivity index (χ4n) is 6.50. The summed E-state index contributed by atoms with van der Waals surface area (Å²) in [7, 11) is 0. The summed E-state index contributed by atoms with van der Waals surface area (Å²) in [5.41, 5.74) is 5.34. The summed E-state index contributed by atoms with van der Waals surface area (Å²) in [6.45, 7) is 0. The van der Waals surface area contributed by atoms with E-state index in [1.165, 1.54) is 20.2 Å². The number of hydrogen-bond acceptors (Lipinski definition) is 4. The first kappa shape index (κ1) is 23.7. The van der Waals surface area contributed by atoms with E-state index >= 15 is 0 Å². The van der Waals surface area contributed by atoms with Crippen molar-refractivity contribution in [3.63, 3.8) is 0 Å². The molecule has 9 aromatic rings. The Kier molecular flexibility index (Phi) is 4.84. The molecule has 198 valence electrons. The summed E-state index contributed by atoms with van der Waals surface area (Å²) in [6.07, 6.45) is 0. The molecule has 0 unspecified atom stereocenters. The SMILES string of the molecule is N#Cc1ccc2c(c1)c1ccccc1n2-c1cccc(-n2c3ccc(C#N)cc3c3cc4c(cc32)sc2ccccc24)n1. The third-order valence-corrected chi connectivity index (χ3v) is 9.51. The Bertz CT molecular complexity index is 2710. The lowest BCUT2D eigenvalue weighted by atomic mass is 10.1. The third-order valence-electron chi connectivity index (χ3n) is 8.37. The van der Waals surface area contributed by atoms with Crippen LogP contribution >= 0.6 is 11.3 Å². The Morgan fingerprint density at radius 3 is 1.77 bits per heavy atom. The molecule has 0 radical (unpaired) electrons. The maximum absolute atomic E-state index is 9.73. The van der Waals surface area contributed by atoms with Crippen LogP contribution in [0.3, 0.4) is 0 Å². The summed E-state index contributed by atoms with van der Waals surface area (Å²) >= 11 is 1.79. The summed E-state index contributed by atoms with van der Waals surface area (Å²) in [5, 5.41) is 26.0. The molecular formula is C37H19N5S. The maximum Gasteiger partial charge on any atom is 0.140 e. The number of hydrogen-bond donors (Lipinski definition) is 0. The molecule has 0 bridgehead atoms. The normalized spacial score (nSPS) is 11.7. The Hall–Kier alpha value is -5.95. The number of thiophene rings is 1. The van der Waals surface area contributed by atoms with Crippen LogP contribution in [0.25, 0.3) is 75.4 Å². The van der Waals surface area contributed by atoms with E-state index in [2.05, 4.69) is 69.8 Å². The summed E-state index contributed by atoms with van der Waals surface area (Å²) in [4.78, 5) is 5.27. The predicted molar refractivity (Wildman–Crippen MR) is 175 cm³/mol. The van der Waals surface area contributed by atoms with Gasteiger partial charge in [0.1, 0.15) is 11.6 Å². The average molecular weight is 566 g/mol. The number of nitrogens with zero attached hydrogens (tertiary/aromatic N) is 5. The molecule has 0 aliphatic carbocycles. The highest BCUT2D eigenvalue weighted by Gasteiger charge is 2.19. The standard InChI is InChI=1S/C37H19N5S/c38-20-22-12-14-31-26(16-22)24-6-1-3-8-30(24)41(31)36-10-5-11-37(40-36)42-32-15-13-23(21-39)17-27(32)28-18-29-25-7-2-4-9-34(25)43-35(29)19-33(28)42/h1-19H. The van der Waals surface area contributed by atoms with Crippen molar-refractivity contribution < 1.29 is 0 Å². The van der Waals surface area contributed by atoms with Crippen molar-refractivity contribution in [1.82, 2.24) is 14.1 Å². The van der Waals surface area contributed by atoms with Crippen LogP contribution in [0.1, 0.15) is 11.1 Å². The van der Waals surface area contributed by atoms with Crippen LogP contribution in [-0.2, 0) is 0 Å². The minimum absolute atomic E-state index is 0.630. The van der Waals surface area contributed by atoms with Crippen molar-refractivity contribution in [2.24, 2.45) is 0 Å². The molecule has 0 aliphatic heterocycles. The monoisotopic (exact) mass is 565 g/mol. The fourth-order valence-corrected chi connectivity index (χ4v) is 7.63. The summed E-state index contributed by atoms with van der Waals surface area (Å²) in [5.74, 6) is 1.59. The molecule has 6 heteroatoms. The number of pyridine rings is 1. The van der Waals surface area contributed by atoms with Gasteiger partial charge in [-0.3, -0.25) is 9.13 Å². The number of rotatable bonds is 2. The summed E-state index contributed by atoms with van der Waals surface area (Å²) in [6, 6.07) is 43.7. The molecule has 9 rings (SSSR count). The van der Waals surface area contributed by atoms with Gasteiger partial charge in [-0.05, 0) is 72.8 Å². The number of para-hydroxylation sites is 1. The Balaban J connectivity index is 1.36. The highest BCUT2D eigenvalue weighted by molar-refractivity contribution is 7.25. The molecule has 0 saturated carbocycles. The van der Waals surface area contributed by atoms with E-state index in [0.29, 0.717) is 11.1 Å². The molecular weight excluding hydrogens is 547 g/mol. The lowest BCUT2D eigenvalue weighted by molar-refractivity contribution is 1.01. The second-order valence-corrected chi connectivity index (χ2v) is 11.8. The minimum atomic E-state index is 0.630. The molecule has 5 aromatic carbocycles. The van der Waals surface area contributed by atoms with Gasteiger partial charge in [-0.1, -0.05) is 42.5 Å². The van der Waals surface area contributed by atoms with Crippen LogP contribution in [-0.4, -0.2) is 14.1 Å². The maximum atomic E-state index is 9.73. The smallest absolute Gasteiger partial charge is 0.140 e. The first-order chi connectivity index (χ1) is 21.2. The van der Waals surface area contributed by atoms with Crippen LogP contribution in [0.2, 0.25) is 0 Å². The van der Waals surface area contributed by atoms with E-state index in [0.717, 1.165) is 55.2 Å². The van der Waals surface area contributed by atoms with Crippen molar-refractivity contribution in [3.8, 4) is 23.8 Å². The van der Waals surface area contributed by atoms with Gasteiger partial charge in [-0.2, -0.15) is 10.5 Å².